The quantitative estimate of drug-likeness (QED) is 0.402. The third-order valence-corrected chi connectivity index (χ3v) is 3.18. The lowest BCUT2D eigenvalue weighted by atomic mass is 9.93. The summed E-state index contributed by atoms with van der Waals surface area (Å²) >= 11 is 0. The molecule has 1 aliphatic carbocycles. The summed E-state index contributed by atoms with van der Waals surface area (Å²) in [4.78, 5) is 11.7. The van der Waals surface area contributed by atoms with Gasteiger partial charge in [0.1, 0.15) is 5.92 Å². The first-order chi connectivity index (χ1) is 7.15. The molecule has 0 bridgehead atoms. The normalized spacial score (nSPS) is 28.7. The predicted octanol–water partition coefficient (Wildman–Crippen LogP) is 1.36. The maximum absolute atomic E-state index is 11.7. The zero-order chi connectivity index (χ0) is 11.5. The first kappa shape index (κ1) is 12.2. The van der Waals surface area contributed by atoms with Crippen molar-refractivity contribution in [1.29, 1.82) is 0 Å². The summed E-state index contributed by atoms with van der Waals surface area (Å²) < 4.78 is 15.5. The SMILES string of the molecule is C=C[C@H]1CCC(OC)(OC)[C@@H]1C(=O)OC. The van der Waals surface area contributed by atoms with E-state index in [2.05, 4.69) is 6.58 Å². The lowest BCUT2D eigenvalue weighted by Crippen LogP contribution is -2.44. The van der Waals surface area contributed by atoms with Gasteiger partial charge in [0, 0.05) is 20.6 Å². The van der Waals surface area contributed by atoms with Crippen LogP contribution in [0.2, 0.25) is 0 Å². The van der Waals surface area contributed by atoms with Crippen molar-refractivity contribution in [3.63, 3.8) is 0 Å². The second-order valence-electron chi connectivity index (χ2n) is 3.66. The maximum atomic E-state index is 11.7. The lowest BCUT2D eigenvalue weighted by molar-refractivity contribution is -0.234. The van der Waals surface area contributed by atoms with Crippen LogP contribution < -0.4 is 0 Å². The summed E-state index contributed by atoms with van der Waals surface area (Å²) in [5.74, 6) is -1.53. The Morgan fingerprint density at radius 1 is 1.40 bits per heavy atom. The molecule has 0 aromatic carbocycles. The predicted molar refractivity (Wildman–Crippen MR) is 55.2 cm³/mol. The summed E-state index contributed by atoms with van der Waals surface area (Å²) in [5.41, 5.74) is 0. The Morgan fingerprint density at radius 2 is 2.00 bits per heavy atom. The largest absolute Gasteiger partial charge is 0.469 e. The molecule has 1 aliphatic rings. The Balaban J connectivity index is 2.98. The van der Waals surface area contributed by atoms with Gasteiger partial charge in [0.05, 0.1) is 7.11 Å². The first-order valence-corrected chi connectivity index (χ1v) is 4.96. The minimum atomic E-state index is -0.855. The topological polar surface area (TPSA) is 44.8 Å². The van der Waals surface area contributed by atoms with Crippen molar-refractivity contribution in [2.24, 2.45) is 11.8 Å². The minimum absolute atomic E-state index is 0.0531. The molecule has 0 spiro atoms. The van der Waals surface area contributed by atoms with E-state index in [0.29, 0.717) is 6.42 Å². The van der Waals surface area contributed by atoms with E-state index in [0.717, 1.165) is 6.42 Å². The van der Waals surface area contributed by atoms with Gasteiger partial charge in [-0.2, -0.15) is 0 Å². The van der Waals surface area contributed by atoms with E-state index in [9.17, 15) is 4.79 Å². The second kappa shape index (κ2) is 4.77. The van der Waals surface area contributed by atoms with Gasteiger partial charge in [0.15, 0.2) is 5.79 Å². The monoisotopic (exact) mass is 214 g/mol. The van der Waals surface area contributed by atoms with Gasteiger partial charge >= 0.3 is 5.97 Å². The Kier molecular flexibility index (Phi) is 3.88. The van der Waals surface area contributed by atoms with Gasteiger partial charge in [-0.1, -0.05) is 6.08 Å². The van der Waals surface area contributed by atoms with Gasteiger partial charge in [0.25, 0.3) is 0 Å². The molecule has 0 amide bonds. The molecular formula is C11H18O4. The number of hydrogen-bond donors (Lipinski definition) is 0. The smallest absolute Gasteiger partial charge is 0.314 e. The average molecular weight is 214 g/mol. The molecule has 1 saturated carbocycles. The lowest BCUT2D eigenvalue weighted by Gasteiger charge is -2.32. The van der Waals surface area contributed by atoms with Crippen molar-refractivity contribution in [1.82, 2.24) is 0 Å². The molecular weight excluding hydrogens is 196 g/mol. The zero-order valence-electron chi connectivity index (χ0n) is 9.49. The molecule has 0 aromatic heterocycles. The fourth-order valence-corrected chi connectivity index (χ4v) is 2.29. The van der Waals surface area contributed by atoms with E-state index in [1.54, 1.807) is 20.3 Å². The molecule has 4 heteroatoms. The summed E-state index contributed by atoms with van der Waals surface area (Å²) in [5, 5.41) is 0. The van der Waals surface area contributed by atoms with Gasteiger partial charge in [-0.05, 0) is 12.3 Å². The number of methoxy groups -OCH3 is 3. The Labute approximate surface area is 90.2 Å². The number of carbonyl (C=O) groups is 1. The molecule has 2 atom stereocenters. The van der Waals surface area contributed by atoms with Crippen molar-refractivity contribution in [3.8, 4) is 0 Å². The molecule has 0 unspecified atom stereocenters. The van der Waals surface area contributed by atoms with E-state index in [-0.39, 0.29) is 11.9 Å². The number of ether oxygens (including phenoxy) is 3. The van der Waals surface area contributed by atoms with Crippen molar-refractivity contribution >= 4 is 5.97 Å². The highest BCUT2D eigenvalue weighted by Gasteiger charge is 2.53. The van der Waals surface area contributed by atoms with E-state index in [4.69, 9.17) is 14.2 Å². The van der Waals surface area contributed by atoms with E-state index < -0.39 is 11.7 Å². The summed E-state index contributed by atoms with van der Waals surface area (Å²) in [7, 11) is 4.46. The molecule has 0 aliphatic heterocycles. The van der Waals surface area contributed by atoms with Gasteiger partial charge in [-0.15, -0.1) is 6.58 Å². The van der Waals surface area contributed by atoms with E-state index in [1.165, 1.54) is 7.11 Å². The third-order valence-electron chi connectivity index (χ3n) is 3.18. The summed E-state index contributed by atoms with van der Waals surface area (Å²) in [6, 6.07) is 0. The van der Waals surface area contributed by atoms with Crippen LogP contribution in [0.1, 0.15) is 12.8 Å². The number of esters is 1. The Morgan fingerprint density at radius 3 is 2.40 bits per heavy atom. The molecule has 0 heterocycles. The van der Waals surface area contributed by atoms with Gasteiger partial charge < -0.3 is 14.2 Å². The van der Waals surface area contributed by atoms with Gasteiger partial charge in [-0.3, -0.25) is 4.79 Å². The summed E-state index contributed by atoms with van der Waals surface area (Å²) in [6.45, 7) is 3.72. The molecule has 0 saturated heterocycles. The van der Waals surface area contributed by atoms with E-state index >= 15 is 0 Å². The Bertz CT molecular complexity index is 245. The molecule has 1 rings (SSSR count). The molecule has 86 valence electrons. The number of hydrogen-bond acceptors (Lipinski definition) is 4. The molecule has 1 fully saturated rings. The third kappa shape index (κ3) is 1.92. The van der Waals surface area contributed by atoms with Crippen molar-refractivity contribution in [2.45, 2.75) is 18.6 Å². The van der Waals surface area contributed by atoms with Crippen LogP contribution in [0.15, 0.2) is 12.7 Å². The van der Waals surface area contributed by atoms with E-state index in [1.807, 2.05) is 0 Å². The van der Waals surface area contributed by atoms with Crippen LogP contribution in [0.5, 0.6) is 0 Å². The molecule has 0 radical (unpaired) electrons. The van der Waals surface area contributed by atoms with Crippen LogP contribution in [0, 0.1) is 11.8 Å². The Hall–Kier alpha value is -0.870. The van der Waals surface area contributed by atoms with Gasteiger partial charge in [0.2, 0.25) is 0 Å². The van der Waals surface area contributed by atoms with Crippen molar-refractivity contribution in [3.05, 3.63) is 12.7 Å². The number of rotatable bonds is 4. The average Bonchev–Trinajstić information content (AvgIpc) is 2.67. The van der Waals surface area contributed by atoms with Gasteiger partial charge in [-0.25, -0.2) is 0 Å². The molecule has 4 nitrogen and oxygen atoms in total. The van der Waals surface area contributed by atoms with Crippen LogP contribution in [0.4, 0.5) is 0 Å². The van der Waals surface area contributed by atoms with Crippen LogP contribution in [0.25, 0.3) is 0 Å². The zero-order valence-corrected chi connectivity index (χ0v) is 9.49. The highest BCUT2D eigenvalue weighted by atomic mass is 16.7. The van der Waals surface area contributed by atoms with Crippen LogP contribution >= 0.6 is 0 Å². The fraction of sp³-hybridized carbons (Fsp3) is 0.727. The van der Waals surface area contributed by atoms with Crippen LogP contribution in [-0.4, -0.2) is 33.1 Å². The molecule has 15 heavy (non-hydrogen) atoms. The second-order valence-corrected chi connectivity index (χ2v) is 3.66. The number of allylic oxidation sites excluding steroid dienone is 1. The van der Waals surface area contributed by atoms with Crippen molar-refractivity contribution < 1.29 is 19.0 Å². The van der Waals surface area contributed by atoms with Crippen molar-refractivity contribution in [2.75, 3.05) is 21.3 Å². The highest BCUT2D eigenvalue weighted by Crippen LogP contribution is 2.44. The molecule has 0 aromatic rings. The standard InChI is InChI=1S/C11H18O4/c1-5-8-6-7-11(14-3,15-4)9(8)10(12)13-2/h5,8-9H,1,6-7H2,2-4H3/t8-,9-/m0/s1. The first-order valence-electron chi connectivity index (χ1n) is 4.96. The summed E-state index contributed by atoms with van der Waals surface area (Å²) in [6.07, 6.45) is 3.27. The number of carbonyl (C=O) groups excluding carboxylic acids is 1. The minimum Gasteiger partial charge on any atom is -0.469 e. The van der Waals surface area contributed by atoms with Crippen LogP contribution in [-0.2, 0) is 19.0 Å². The highest BCUT2D eigenvalue weighted by molar-refractivity contribution is 5.74. The molecule has 0 N–H and O–H groups in total. The van der Waals surface area contributed by atoms with Crippen LogP contribution in [0.3, 0.4) is 0 Å². The maximum Gasteiger partial charge on any atom is 0.314 e. The fourth-order valence-electron chi connectivity index (χ4n) is 2.29.